The zero-order chi connectivity index (χ0) is 36.5. The summed E-state index contributed by atoms with van der Waals surface area (Å²) in [6, 6.07) is 19.4. The summed E-state index contributed by atoms with van der Waals surface area (Å²) in [5.74, 6) is 0.0239. The Morgan fingerprint density at radius 1 is 0.635 bits per heavy atom. The van der Waals surface area contributed by atoms with Gasteiger partial charge in [0.15, 0.2) is 0 Å². The minimum absolute atomic E-state index is 0. The van der Waals surface area contributed by atoms with Crippen LogP contribution in [0.5, 0.6) is 0 Å². The molecule has 0 nitrogen and oxygen atoms in total. The molecule has 0 aliphatic heterocycles. The van der Waals surface area contributed by atoms with Crippen molar-refractivity contribution in [3.63, 3.8) is 0 Å². The monoisotopic (exact) mass is 832 g/mol. The summed E-state index contributed by atoms with van der Waals surface area (Å²) in [5, 5.41) is 0. The fraction of sp³-hybridized carbons (Fsp3) is 0.326. The van der Waals surface area contributed by atoms with Gasteiger partial charge in [-0.25, -0.2) is 0 Å². The fourth-order valence-electron chi connectivity index (χ4n) is 7.45. The first-order valence-corrected chi connectivity index (χ1v) is 20.9. The van der Waals surface area contributed by atoms with Crippen molar-refractivity contribution in [2.24, 2.45) is 11.3 Å². The molecule has 2 aliphatic rings. The molecule has 0 saturated carbocycles. The Kier molecular flexibility index (Phi) is 12.3. The summed E-state index contributed by atoms with van der Waals surface area (Å²) >= 11 is -3.72. The zero-order valence-corrected chi connectivity index (χ0v) is 34.4. The Hall–Kier alpha value is -2.73. The fourth-order valence-corrected chi connectivity index (χ4v) is 17.1. The molecule has 0 spiro atoms. The SMILES string of the molecule is CCC1C=C(C(C)(C)C)C=[C]1[Zr+2](=[C](c1cccc(C(F)(F)F)c1)c1cccc(C(F)(F)F)c1)[CH]1c2cc(C)c(C)cc2-c2cc(C)c(C)cc21.[Cl-].[Cl-]. The van der Waals surface area contributed by atoms with E-state index < -0.39 is 44.7 Å². The topological polar surface area (TPSA) is 0 Å². The van der Waals surface area contributed by atoms with Crippen LogP contribution in [0.2, 0.25) is 0 Å². The molecule has 274 valence electrons. The van der Waals surface area contributed by atoms with Crippen molar-refractivity contribution in [3.8, 4) is 11.1 Å². The maximum absolute atomic E-state index is 14.4. The molecule has 4 aromatic rings. The van der Waals surface area contributed by atoms with Crippen molar-refractivity contribution in [1.29, 1.82) is 0 Å². The summed E-state index contributed by atoms with van der Waals surface area (Å²) in [4.78, 5) is 0. The van der Waals surface area contributed by atoms with Crippen molar-refractivity contribution in [2.75, 3.05) is 0 Å². The van der Waals surface area contributed by atoms with E-state index in [2.05, 4.69) is 91.8 Å². The molecule has 0 fully saturated rings. The van der Waals surface area contributed by atoms with Crippen LogP contribution in [-0.2, 0) is 33.6 Å². The molecular weight excluding hydrogens is 793 g/mol. The molecule has 52 heavy (non-hydrogen) atoms. The Balaban J connectivity index is 0.00000302. The number of fused-ring (bicyclic) bond motifs is 3. The summed E-state index contributed by atoms with van der Waals surface area (Å²) in [5.41, 5.74) is 8.99. The second kappa shape index (κ2) is 15.2. The average molecular weight is 835 g/mol. The predicted octanol–water partition coefficient (Wildman–Crippen LogP) is 6.82. The number of rotatable bonds is 5. The number of halogens is 8. The molecule has 9 heteroatoms. The number of hydrogen-bond acceptors (Lipinski definition) is 0. The molecule has 4 aromatic carbocycles. The normalized spacial score (nSPS) is 15.4. The van der Waals surface area contributed by atoms with Crippen molar-refractivity contribution >= 4 is 3.21 Å². The first-order valence-electron chi connectivity index (χ1n) is 17.1. The van der Waals surface area contributed by atoms with E-state index in [9.17, 15) is 26.3 Å². The van der Waals surface area contributed by atoms with Gasteiger partial charge in [0.25, 0.3) is 0 Å². The summed E-state index contributed by atoms with van der Waals surface area (Å²) in [7, 11) is 0. The minimum Gasteiger partial charge on any atom is -1.00 e. The average Bonchev–Trinajstić information content (AvgIpc) is 3.59. The van der Waals surface area contributed by atoms with E-state index in [0.29, 0.717) is 14.3 Å². The Morgan fingerprint density at radius 2 is 1.06 bits per heavy atom. The number of hydrogen-bond donors (Lipinski definition) is 0. The van der Waals surface area contributed by atoms with Gasteiger partial charge in [0.2, 0.25) is 0 Å². The Morgan fingerprint density at radius 3 is 1.44 bits per heavy atom. The van der Waals surface area contributed by atoms with Crippen molar-refractivity contribution in [1.82, 2.24) is 0 Å². The van der Waals surface area contributed by atoms with Crippen LogP contribution in [0.3, 0.4) is 0 Å². The second-order valence-corrected chi connectivity index (χ2v) is 21.0. The van der Waals surface area contributed by atoms with Gasteiger partial charge < -0.3 is 24.8 Å². The molecule has 0 N–H and O–H groups in total. The molecule has 0 amide bonds. The number of benzene rings is 4. The third kappa shape index (κ3) is 7.89. The molecule has 6 rings (SSSR count). The van der Waals surface area contributed by atoms with Gasteiger partial charge in [-0.05, 0) is 0 Å². The Bertz CT molecular complexity index is 1990. The van der Waals surface area contributed by atoms with Crippen LogP contribution in [0.1, 0.15) is 93.4 Å². The van der Waals surface area contributed by atoms with Crippen LogP contribution in [0.4, 0.5) is 26.3 Å². The van der Waals surface area contributed by atoms with Crippen LogP contribution in [0.15, 0.2) is 93.8 Å². The van der Waals surface area contributed by atoms with Crippen LogP contribution >= 0.6 is 0 Å². The Labute approximate surface area is 323 Å². The van der Waals surface area contributed by atoms with E-state index in [1.807, 2.05) is 0 Å². The van der Waals surface area contributed by atoms with Gasteiger partial charge in [0, 0.05) is 0 Å². The van der Waals surface area contributed by atoms with Crippen molar-refractivity contribution < 1.29 is 72.4 Å². The largest absolute Gasteiger partial charge is 1.00 e. The van der Waals surface area contributed by atoms with Gasteiger partial charge in [0.05, 0.1) is 0 Å². The third-order valence-corrected chi connectivity index (χ3v) is 19.0. The smallest absolute Gasteiger partial charge is 1.00 e. The van der Waals surface area contributed by atoms with Gasteiger partial charge in [-0.1, -0.05) is 0 Å². The van der Waals surface area contributed by atoms with Gasteiger partial charge in [-0.15, -0.1) is 0 Å². The van der Waals surface area contributed by atoms with Gasteiger partial charge >= 0.3 is 301 Å². The first-order chi connectivity index (χ1) is 23.3. The molecule has 1 unspecified atom stereocenters. The van der Waals surface area contributed by atoms with E-state index >= 15 is 0 Å². The summed E-state index contributed by atoms with van der Waals surface area (Å²) < 4.78 is 87.8. The summed E-state index contributed by atoms with van der Waals surface area (Å²) in [6.45, 7) is 16.9. The van der Waals surface area contributed by atoms with Gasteiger partial charge in [0.1, 0.15) is 0 Å². The molecule has 0 bridgehead atoms. The zero-order valence-electron chi connectivity index (χ0n) is 30.5. The van der Waals surface area contributed by atoms with Crippen LogP contribution in [0, 0.1) is 39.0 Å². The van der Waals surface area contributed by atoms with Gasteiger partial charge in [-0.3, -0.25) is 0 Å². The maximum atomic E-state index is 14.4. The van der Waals surface area contributed by atoms with Crippen LogP contribution in [-0.4, -0.2) is 3.21 Å². The minimum atomic E-state index is -4.62. The second-order valence-electron chi connectivity index (χ2n) is 14.9. The van der Waals surface area contributed by atoms with E-state index in [4.69, 9.17) is 0 Å². The molecule has 1 atom stereocenters. The number of aryl methyl sites for hydroxylation is 4. The predicted molar refractivity (Wildman–Crippen MR) is 188 cm³/mol. The van der Waals surface area contributed by atoms with E-state index in [0.717, 1.165) is 80.8 Å². The van der Waals surface area contributed by atoms with E-state index in [1.54, 1.807) is 12.1 Å². The molecule has 0 heterocycles. The molecule has 0 radical (unpaired) electrons. The molecular formula is C43H42Cl2F6Zr. The quantitative estimate of drug-likeness (QED) is 0.194. The number of allylic oxidation sites excluding steroid dienone is 4. The molecule has 2 aliphatic carbocycles. The third-order valence-electron chi connectivity index (χ3n) is 10.5. The van der Waals surface area contributed by atoms with E-state index in [1.165, 1.54) is 15.4 Å². The van der Waals surface area contributed by atoms with Crippen molar-refractivity contribution in [2.45, 2.75) is 77.8 Å². The number of alkyl halides is 6. The maximum Gasteiger partial charge on any atom is -1.00 e. The van der Waals surface area contributed by atoms with Crippen LogP contribution < -0.4 is 24.8 Å². The van der Waals surface area contributed by atoms with Gasteiger partial charge in [-0.2, -0.15) is 0 Å². The first kappa shape index (κ1) is 42.0. The van der Waals surface area contributed by atoms with Crippen LogP contribution in [0.25, 0.3) is 11.1 Å². The standard InChI is InChI=1S/C17H17.C15H8F6.C11H17.2ClH.Zr/c1-10-5-14-9-15-6-11(2)13(4)8-17(15)16(14)7-12(10)3;16-14(17,18)12-5-1-3-10(8-12)7-11-4-2-6-13(9-11)15(19,20)21;1-5-9-6-7-10(8-9)11(2,3)4;;;/h5-9H,1-4H3;1-6,8-9H;7-9H,5H2,1-4H3;2*1H;/q;;;;;+2/p-2. The van der Waals surface area contributed by atoms with Crippen molar-refractivity contribution in [3.05, 3.63) is 149 Å². The molecule has 0 aromatic heterocycles. The molecule has 0 saturated heterocycles. The van der Waals surface area contributed by atoms with E-state index in [-0.39, 0.29) is 39.8 Å². The summed E-state index contributed by atoms with van der Waals surface area (Å²) in [6.07, 6.45) is -3.89.